The average molecular weight is 418 g/mol. The number of hydrogen-bond acceptors (Lipinski definition) is 5. The molecular weight excluding hydrogens is 402 g/mol. The quantitative estimate of drug-likeness (QED) is 0.645. The monoisotopic (exact) mass is 417 g/mol. The number of furan rings is 1. The predicted molar refractivity (Wildman–Crippen MR) is 112 cm³/mol. The number of aryl methyl sites for hydroxylation is 1. The number of aromatic carboxylic acids is 1. The van der Waals surface area contributed by atoms with Crippen LogP contribution in [0.15, 0.2) is 64.5 Å². The van der Waals surface area contributed by atoms with Gasteiger partial charge in [-0.3, -0.25) is 5.01 Å². The van der Waals surface area contributed by atoms with Gasteiger partial charge >= 0.3 is 5.97 Å². The summed E-state index contributed by atoms with van der Waals surface area (Å²) in [5, 5.41) is 25.8. The molecule has 6 nitrogen and oxygen atoms in total. The SMILES string of the molecule is N#Cc1ccc(N2N=C3c4ccc(C(=O)O)cc4CC[C@H]3C2c2ccoc2)cc1Cl. The second kappa shape index (κ2) is 7.05. The maximum Gasteiger partial charge on any atom is 0.335 e. The minimum Gasteiger partial charge on any atom is -0.478 e. The fourth-order valence-corrected chi connectivity index (χ4v) is 4.60. The third-order valence-corrected chi connectivity index (χ3v) is 6.10. The summed E-state index contributed by atoms with van der Waals surface area (Å²) in [4.78, 5) is 11.4. The van der Waals surface area contributed by atoms with Crippen LogP contribution >= 0.6 is 11.6 Å². The molecule has 1 aromatic heterocycles. The van der Waals surface area contributed by atoms with Gasteiger partial charge in [0.2, 0.25) is 0 Å². The number of fused-ring (bicyclic) bond motifs is 3. The van der Waals surface area contributed by atoms with Crippen molar-refractivity contribution >= 4 is 29.0 Å². The Balaban J connectivity index is 1.63. The van der Waals surface area contributed by atoms with Crippen LogP contribution in [-0.4, -0.2) is 16.8 Å². The molecule has 0 fully saturated rings. The summed E-state index contributed by atoms with van der Waals surface area (Å²) in [6, 6.07) is 14.4. The molecule has 2 atom stereocenters. The van der Waals surface area contributed by atoms with Crippen molar-refractivity contribution < 1.29 is 14.3 Å². The number of hydrazone groups is 1. The van der Waals surface area contributed by atoms with Gasteiger partial charge < -0.3 is 9.52 Å². The molecule has 1 aliphatic carbocycles. The Kier molecular flexibility index (Phi) is 4.34. The third-order valence-electron chi connectivity index (χ3n) is 5.79. The van der Waals surface area contributed by atoms with Crippen LogP contribution in [0.3, 0.4) is 0 Å². The van der Waals surface area contributed by atoms with Crippen molar-refractivity contribution in [3.63, 3.8) is 0 Å². The van der Waals surface area contributed by atoms with Gasteiger partial charge in [-0.15, -0.1) is 0 Å². The molecule has 30 heavy (non-hydrogen) atoms. The standard InChI is InChI=1S/C23H16ClN3O3/c24-20-10-17(4-1-15(20)11-25)27-22(16-7-8-30-12-16)19-6-2-13-9-14(23(28)29)3-5-18(13)21(19)26-27/h1,3-5,7-10,12,19,22H,2,6H2,(H,28,29)/t19-,22?/m1/s1. The molecule has 2 aliphatic rings. The number of carbonyl (C=O) groups is 1. The molecule has 0 radical (unpaired) electrons. The Morgan fingerprint density at radius 2 is 2.13 bits per heavy atom. The highest BCUT2D eigenvalue weighted by molar-refractivity contribution is 6.32. The molecule has 2 heterocycles. The summed E-state index contributed by atoms with van der Waals surface area (Å²) in [7, 11) is 0. The van der Waals surface area contributed by atoms with Crippen molar-refractivity contribution in [3.8, 4) is 6.07 Å². The summed E-state index contributed by atoms with van der Waals surface area (Å²) in [5.41, 5.74) is 5.40. The fourth-order valence-electron chi connectivity index (χ4n) is 4.39. The number of carboxylic acid groups (broad SMARTS) is 1. The van der Waals surface area contributed by atoms with Gasteiger partial charge in [-0.1, -0.05) is 17.7 Å². The van der Waals surface area contributed by atoms with E-state index < -0.39 is 5.97 Å². The minimum atomic E-state index is -0.932. The molecule has 0 saturated heterocycles. The Hall–Kier alpha value is -3.56. The van der Waals surface area contributed by atoms with Gasteiger partial charge in [0, 0.05) is 17.0 Å². The van der Waals surface area contributed by atoms with Gasteiger partial charge in [0.05, 0.1) is 46.1 Å². The number of rotatable bonds is 3. The average Bonchev–Trinajstić information content (AvgIpc) is 3.40. The smallest absolute Gasteiger partial charge is 0.335 e. The molecule has 0 saturated carbocycles. The first-order valence-corrected chi connectivity index (χ1v) is 9.90. The lowest BCUT2D eigenvalue weighted by molar-refractivity contribution is 0.0696. The van der Waals surface area contributed by atoms with Crippen LogP contribution in [0.4, 0.5) is 5.69 Å². The number of carboxylic acids is 1. The molecule has 1 unspecified atom stereocenters. The van der Waals surface area contributed by atoms with Gasteiger partial charge in [0.15, 0.2) is 0 Å². The van der Waals surface area contributed by atoms with Crippen LogP contribution in [0.2, 0.25) is 5.02 Å². The van der Waals surface area contributed by atoms with Crippen LogP contribution < -0.4 is 5.01 Å². The van der Waals surface area contributed by atoms with Crippen molar-refractivity contribution in [2.45, 2.75) is 18.9 Å². The highest BCUT2D eigenvalue weighted by Crippen LogP contribution is 2.46. The van der Waals surface area contributed by atoms with E-state index in [9.17, 15) is 15.2 Å². The maximum atomic E-state index is 11.4. The van der Waals surface area contributed by atoms with Gasteiger partial charge in [-0.2, -0.15) is 10.4 Å². The van der Waals surface area contributed by atoms with Crippen LogP contribution in [0.25, 0.3) is 0 Å². The van der Waals surface area contributed by atoms with E-state index in [1.54, 1.807) is 36.8 Å². The van der Waals surface area contributed by atoms with E-state index in [2.05, 4.69) is 6.07 Å². The molecule has 148 valence electrons. The van der Waals surface area contributed by atoms with Crippen LogP contribution in [-0.2, 0) is 6.42 Å². The van der Waals surface area contributed by atoms with E-state index in [0.29, 0.717) is 10.6 Å². The van der Waals surface area contributed by atoms with Crippen molar-refractivity contribution in [1.29, 1.82) is 5.26 Å². The van der Waals surface area contributed by atoms with Crippen molar-refractivity contribution in [2.24, 2.45) is 11.0 Å². The molecule has 5 rings (SSSR count). The van der Waals surface area contributed by atoms with E-state index >= 15 is 0 Å². The topological polar surface area (TPSA) is 89.8 Å². The third kappa shape index (κ3) is 2.87. The molecule has 1 N–H and O–H groups in total. The van der Waals surface area contributed by atoms with Crippen molar-refractivity contribution in [3.05, 3.63) is 87.8 Å². The second-order valence-corrected chi connectivity index (χ2v) is 7.84. The first-order chi connectivity index (χ1) is 14.6. The van der Waals surface area contributed by atoms with Gasteiger partial charge in [-0.05, 0) is 54.8 Å². The number of hydrogen-bond donors (Lipinski definition) is 1. The summed E-state index contributed by atoms with van der Waals surface area (Å²) < 4.78 is 5.35. The summed E-state index contributed by atoms with van der Waals surface area (Å²) in [6.07, 6.45) is 4.99. The van der Waals surface area contributed by atoms with Crippen LogP contribution in [0, 0.1) is 17.2 Å². The van der Waals surface area contributed by atoms with E-state index in [-0.39, 0.29) is 17.5 Å². The highest BCUT2D eigenvalue weighted by Gasteiger charge is 2.42. The number of benzene rings is 2. The minimum absolute atomic E-state index is 0.0740. The Labute approximate surface area is 177 Å². The maximum absolute atomic E-state index is 11.4. The van der Waals surface area contributed by atoms with Crippen molar-refractivity contribution in [2.75, 3.05) is 5.01 Å². The highest BCUT2D eigenvalue weighted by atomic mass is 35.5. The van der Waals surface area contributed by atoms with E-state index in [0.717, 1.165) is 40.9 Å². The Bertz CT molecular complexity index is 1230. The normalized spacial score (nSPS) is 19.6. The largest absolute Gasteiger partial charge is 0.478 e. The van der Waals surface area contributed by atoms with Crippen LogP contribution in [0.1, 0.15) is 45.1 Å². The Morgan fingerprint density at radius 3 is 2.83 bits per heavy atom. The molecule has 7 heteroatoms. The van der Waals surface area contributed by atoms with Crippen LogP contribution in [0.5, 0.6) is 0 Å². The fraction of sp³-hybridized carbons (Fsp3) is 0.174. The first-order valence-electron chi connectivity index (χ1n) is 9.53. The molecule has 0 bridgehead atoms. The van der Waals surface area contributed by atoms with Crippen molar-refractivity contribution in [1.82, 2.24) is 0 Å². The molecule has 0 spiro atoms. The molecule has 2 aromatic carbocycles. The molecule has 0 amide bonds. The van der Waals surface area contributed by atoms with Gasteiger partial charge in [0.25, 0.3) is 0 Å². The molecule has 3 aromatic rings. The zero-order chi connectivity index (χ0) is 20.8. The number of nitrogens with zero attached hydrogens (tertiary/aromatic N) is 3. The number of halogens is 1. The zero-order valence-corrected chi connectivity index (χ0v) is 16.5. The van der Waals surface area contributed by atoms with E-state index in [1.807, 2.05) is 23.2 Å². The molecule has 1 aliphatic heterocycles. The number of anilines is 1. The lowest BCUT2D eigenvalue weighted by Gasteiger charge is -2.29. The number of nitriles is 1. The lowest BCUT2D eigenvalue weighted by atomic mass is 9.77. The summed E-state index contributed by atoms with van der Waals surface area (Å²) >= 11 is 6.29. The van der Waals surface area contributed by atoms with E-state index in [4.69, 9.17) is 21.1 Å². The molecular formula is C23H16ClN3O3. The summed E-state index contributed by atoms with van der Waals surface area (Å²) in [6.45, 7) is 0. The van der Waals surface area contributed by atoms with E-state index in [1.165, 1.54) is 0 Å². The van der Waals surface area contributed by atoms with Gasteiger partial charge in [-0.25, -0.2) is 4.79 Å². The first kappa shape index (κ1) is 18.5. The predicted octanol–water partition coefficient (Wildman–Crippen LogP) is 5.03. The second-order valence-electron chi connectivity index (χ2n) is 7.43. The van der Waals surface area contributed by atoms with Gasteiger partial charge in [0.1, 0.15) is 6.07 Å². The summed E-state index contributed by atoms with van der Waals surface area (Å²) in [5.74, 6) is -0.807. The lowest BCUT2D eigenvalue weighted by Crippen LogP contribution is -2.28. The Morgan fingerprint density at radius 1 is 1.27 bits per heavy atom. The zero-order valence-electron chi connectivity index (χ0n) is 15.7.